The van der Waals surface area contributed by atoms with Gasteiger partial charge >= 0.3 is 0 Å². The number of hydrogen-bond donors (Lipinski definition) is 0. The van der Waals surface area contributed by atoms with E-state index in [4.69, 9.17) is 14.5 Å². The molecular formula is C16H21N3O6. The van der Waals surface area contributed by atoms with Crippen molar-refractivity contribution in [3.8, 4) is 0 Å². The van der Waals surface area contributed by atoms with Crippen LogP contribution in [-0.4, -0.2) is 38.1 Å². The minimum atomic E-state index is 0.335. The van der Waals surface area contributed by atoms with Gasteiger partial charge in [-0.15, -0.1) is 0 Å². The zero-order valence-electron chi connectivity index (χ0n) is 13.8. The molecule has 5 atom stereocenters. The van der Waals surface area contributed by atoms with Gasteiger partial charge in [0.15, 0.2) is 0 Å². The molecule has 0 aromatic carbocycles. The van der Waals surface area contributed by atoms with Crippen LogP contribution in [0.5, 0.6) is 0 Å². The molecule has 0 aliphatic heterocycles. The summed E-state index contributed by atoms with van der Waals surface area (Å²) < 4.78 is 0. The predicted molar refractivity (Wildman–Crippen MR) is 82.8 cm³/mol. The molecule has 0 radical (unpaired) electrons. The van der Waals surface area contributed by atoms with Gasteiger partial charge < -0.3 is 14.5 Å². The van der Waals surface area contributed by atoms with E-state index in [1.165, 1.54) is 18.2 Å². The SMILES string of the molecule is O=C=NOCCCC1C(CON=C=O)C2CC(CCON=C=O)C1C2. The fourth-order valence-electron chi connectivity index (χ4n) is 4.64. The molecule has 2 aliphatic carbocycles. The highest BCUT2D eigenvalue weighted by Gasteiger charge is 2.52. The van der Waals surface area contributed by atoms with Gasteiger partial charge in [0.05, 0.1) is 0 Å². The fraction of sp³-hybridized carbons (Fsp3) is 0.812. The van der Waals surface area contributed by atoms with Gasteiger partial charge in [-0.05, 0) is 55.8 Å². The maximum atomic E-state index is 10.2. The molecule has 5 unspecified atom stereocenters. The molecule has 0 saturated heterocycles. The number of fused-ring (bicyclic) bond motifs is 2. The van der Waals surface area contributed by atoms with Crippen LogP contribution in [0.1, 0.15) is 32.1 Å². The van der Waals surface area contributed by atoms with Crippen LogP contribution in [0.3, 0.4) is 0 Å². The van der Waals surface area contributed by atoms with Gasteiger partial charge in [0.1, 0.15) is 19.8 Å². The van der Waals surface area contributed by atoms with Crippen molar-refractivity contribution in [2.45, 2.75) is 32.1 Å². The minimum Gasteiger partial charge on any atom is -0.386 e. The third-order valence-electron chi connectivity index (χ3n) is 5.42. The summed E-state index contributed by atoms with van der Waals surface area (Å²) in [5, 5.41) is 9.42. The normalized spacial score (nSPS) is 29.0. The Bertz CT molecular complexity index is 566. The van der Waals surface area contributed by atoms with Gasteiger partial charge in [-0.25, -0.2) is 14.4 Å². The zero-order chi connectivity index (χ0) is 17.9. The number of carbonyl (C=O) groups excluding carboxylic acids is 3. The summed E-state index contributed by atoms with van der Waals surface area (Å²) in [5.41, 5.74) is 0. The van der Waals surface area contributed by atoms with Gasteiger partial charge in [0.2, 0.25) is 0 Å². The van der Waals surface area contributed by atoms with Crippen LogP contribution in [-0.2, 0) is 28.9 Å². The van der Waals surface area contributed by atoms with E-state index < -0.39 is 0 Å². The van der Waals surface area contributed by atoms with Gasteiger partial charge in [0.25, 0.3) is 18.2 Å². The van der Waals surface area contributed by atoms with Crippen molar-refractivity contribution in [2.24, 2.45) is 45.1 Å². The van der Waals surface area contributed by atoms with E-state index in [1.54, 1.807) is 0 Å². The molecule has 0 aromatic heterocycles. The number of rotatable bonds is 12. The average Bonchev–Trinajstić information content (AvgIpc) is 3.17. The molecule has 9 heteroatoms. The molecule has 2 bridgehead atoms. The standard InChI is InChI=1S/C16H21N3O6/c20-9-17-23-4-1-2-14-15-7-13(16(14)8-25-19-11-22)6-12(15)3-5-24-18-10-21/h12-16H,1-8H2. The summed E-state index contributed by atoms with van der Waals surface area (Å²) >= 11 is 0. The van der Waals surface area contributed by atoms with E-state index in [-0.39, 0.29) is 0 Å². The van der Waals surface area contributed by atoms with Crippen molar-refractivity contribution in [2.75, 3.05) is 19.8 Å². The topological polar surface area (TPSA) is 116 Å². The Morgan fingerprint density at radius 1 is 0.800 bits per heavy atom. The summed E-state index contributed by atoms with van der Waals surface area (Å²) in [5.74, 6) is 2.31. The Hall–Kier alpha value is -2.46. The highest BCUT2D eigenvalue weighted by atomic mass is 16.6. The molecular weight excluding hydrogens is 330 g/mol. The van der Waals surface area contributed by atoms with Crippen molar-refractivity contribution in [3.63, 3.8) is 0 Å². The van der Waals surface area contributed by atoms with Crippen LogP contribution in [0.15, 0.2) is 15.5 Å². The summed E-state index contributed by atoms with van der Waals surface area (Å²) in [6, 6.07) is 0. The van der Waals surface area contributed by atoms with E-state index in [1.807, 2.05) is 0 Å². The first kappa shape index (κ1) is 18.9. The first-order valence-corrected chi connectivity index (χ1v) is 8.39. The number of nitrogens with zero attached hydrogens (tertiary/aromatic N) is 3. The average molecular weight is 351 g/mol. The number of hydrogen-bond acceptors (Lipinski definition) is 9. The van der Waals surface area contributed by atoms with Crippen LogP contribution in [0.2, 0.25) is 0 Å². The first-order valence-electron chi connectivity index (χ1n) is 8.39. The Morgan fingerprint density at radius 2 is 1.48 bits per heavy atom. The van der Waals surface area contributed by atoms with Crippen molar-refractivity contribution in [1.29, 1.82) is 0 Å². The van der Waals surface area contributed by atoms with E-state index in [2.05, 4.69) is 15.5 Å². The van der Waals surface area contributed by atoms with Crippen LogP contribution in [0, 0.1) is 29.6 Å². The molecule has 2 rings (SSSR count). The van der Waals surface area contributed by atoms with Crippen LogP contribution >= 0.6 is 0 Å². The Kier molecular flexibility index (Phi) is 7.86. The van der Waals surface area contributed by atoms with E-state index in [0.717, 1.165) is 32.1 Å². The first-order chi connectivity index (χ1) is 12.3. The Labute approximate surface area is 145 Å². The summed E-state index contributed by atoms with van der Waals surface area (Å²) in [6.45, 7) is 1.18. The molecule has 0 aromatic rings. The van der Waals surface area contributed by atoms with Gasteiger partial charge in [0, 0.05) is 21.4 Å². The van der Waals surface area contributed by atoms with Crippen LogP contribution in [0.25, 0.3) is 0 Å². The highest BCUT2D eigenvalue weighted by molar-refractivity contribution is 5.31. The van der Waals surface area contributed by atoms with Crippen molar-refractivity contribution < 1.29 is 28.9 Å². The van der Waals surface area contributed by atoms with Crippen molar-refractivity contribution in [3.05, 3.63) is 0 Å². The lowest BCUT2D eigenvalue weighted by Crippen LogP contribution is -2.31. The van der Waals surface area contributed by atoms with Crippen molar-refractivity contribution in [1.82, 2.24) is 0 Å². The molecule has 2 aliphatic rings. The largest absolute Gasteiger partial charge is 0.386 e. The molecule has 9 nitrogen and oxygen atoms in total. The lowest BCUT2D eigenvalue weighted by atomic mass is 9.71. The monoisotopic (exact) mass is 351 g/mol. The molecule has 0 spiro atoms. The summed E-state index contributed by atoms with van der Waals surface area (Å²) in [7, 11) is 0. The molecule has 0 N–H and O–H groups in total. The minimum absolute atomic E-state index is 0.335. The second-order valence-electron chi connectivity index (χ2n) is 6.42. The predicted octanol–water partition coefficient (Wildman–Crippen LogP) is 1.85. The highest BCUT2D eigenvalue weighted by Crippen LogP contribution is 2.57. The summed E-state index contributed by atoms with van der Waals surface area (Å²) in [6.07, 6.45) is 8.80. The second-order valence-corrected chi connectivity index (χ2v) is 6.42. The van der Waals surface area contributed by atoms with Crippen molar-refractivity contribution >= 4 is 18.2 Å². The maximum absolute atomic E-state index is 10.2. The lowest BCUT2D eigenvalue weighted by Gasteiger charge is -2.35. The smallest absolute Gasteiger partial charge is 0.276 e. The third kappa shape index (κ3) is 5.26. The Balaban J connectivity index is 1.89. The van der Waals surface area contributed by atoms with Crippen LogP contribution in [0.4, 0.5) is 0 Å². The van der Waals surface area contributed by atoms with E-state index >= 15 is 0 Å². The molecule has 2 fully saturated rings. The van der Waals surface area contributed by atoms with E-state index in [0.29, 0.717) is 49.4 Å². The number of isocyanates is 3. The van der Waals surface area contributed by atoms with E-state index in [9.17, 15) is 14.4 Å². The second kappa shape index (κ2) is 10.4. The molecule has 136 valence electrons. The molecule has 2 saturated carbocycles. The van der Waals surface area contributed by atoms with Gasteiger partial charge in [-0.1, -0.05) is 0 Å². The Morgan fingerprint density at radius 3 is 2.20 bits per heavy atom. The summed E-state index contributed by atoms with van der Waals surface area (Å²) in [4.78, 5) is 45.0. The fourth-order valence-corrected chi connectivity index (χ4v) is 4.64. The van der Waals surface area contributed by atoms with Gasteiger partial charge in [-0.3, -0.25) is 0 Å². The quantitative estimate of drug-likeness (QED) is 0.229. The maximum Gasteiger partial charge on any atom is 0.276 e. The molecule has 25 heavy (non-hydrogen) atoms. The third-order valence-corrected chi connectivity index (χ3v) is 5.42. The molecule has 0 amide bonds. The van der Waals surface area contributed by atoms with Gasteiger partial charge in [-0.2, -0.15) is 0 Å². The zero-order valence-corrected chi connectivity index (χ0v) is 13.8. The van der Waals surface area contributed by atoms with Crippen LogP contribution < -0.4 is 0 Å². The lowest BCUT2D eigenvalue weighted by molar-refractivity contribution is 0.0279. The molecule has 0 heterocycles.